The summed E-state index contributed by atoms with van der Waals surface area (Å²) in [5, 5.41) is 4.10. The van der Waals surface area contributed by atoms with Gasteiger partial charge in [0.15, 0.2) is 0 Å². The molecule has 0 saturated carbocycles. The summed E-state index contributed by atoms with van der Waals surface area (Å²) in [5.41, 5.74) is 2.42. The van der Waals surface area contributed by atoms with Crippen LogP contribution in [0.25, 0.3) is 0 Å². The van der Waals surface area contributed by atoms with Crippen molar-refractivity contribution in [2.75, 3.05) is 14.2 Å². The van der Waals surface area contributed by atoms with Crippen LogP contribution >= 0.6 is 27.5 Å². The number of nitrogens with one attached hydrogen (secondary N) is 1. The van der Waals surface area contributed by atoms with E-state index >= 15 is 0 Å². The van der Waals surface area contributed by atoms with E-state index in [1.807, 2.05) is 31.3 Å². The van der Waals surface area contributed by atoms with Crippen LogP contribution in [0.4, 0.5) is 0 Å². The Kier molecular flexibility index (Phi) is 5.46. The molecule has 0 fully saturated rings. The van der Waals surface area contributed by atoms with Gasteiger partial charge >= 0.3 is 0 Å². The number of halogens is 2. The molecule has 0 saturated heterocycles. The number of likely N-dealkylation sites (N-methyl/N-ethyl adjacent to an activating group) is 1. The van der Waals surface area contributed by atoms with Crippen molar-refractivity contribution in [1.82, 2.24) is 5.32 Å². The lowest BCUT2D eigenvalue weighted by Gasteiger charge is -2.18. The van der Waals surface area contributed by atoms with Gasteiger partial charge in [-0.25, -0.2) is 0 Å². The maximum Gasteiger partial charge on any atom is 0.119 e. The van der Waals surface area contributed by atoms with Crippen LogP contribution in [0.5, 0.6) is 5.75 Å². The third-order valence-corrected chi connectivity index (χ3v) is 4.32. The van der Waals surface area contributed by atoms with Crippen LogP contribution in [0.15, 0.2) is 46.9 Å². The van der Waals surface area contributed by atoms with Crippen molar-refractivity contribution in [3.8, 4) is 5.75 Å². The highest BCUT2D eigenvalue weighted by atomic mass is 79.9. The number of rotatable bonds is 5. The van der Waals surface area contributed by atoms with E-state index in [9.17, 15) is 0 Å². The molecule has 1 atom stereocenters. The fourth-order valence-corrected chi connectivity index (χ4v) is 2.67. The van der Waals surface area contributed by atoms with Gasteiger partial charge in [0, 0.05) is 15.5 Å². The molecule has 20 heavy (non-hydrogen) atoms. The Morgan fingerprint density at radius 2 is 1.90 bits per heavy atom. The summed E-state index contributed by atoms with van der Waals surface area (Å²) in [6, 6.07) is 14.2. The Morgan fingerprint density at radius 1 is 1.20 bits per heavy atom. The van der Waals surface area contributed by atoms with Gasteiger partial charge in [-0.2, -0.15) is 0 Å². The molecule has 0 spiro atoms. The molecule has 4 heteroatoms. The molecular formula is C16H17BrClNO. The Bertz CT molecular complexity index is 571. The van der Waals surface area contributed by atoms with Crippen molar-refractivity contribution in [1.29, 1.82) is 0 Å². The number of methoxy groups -OCH3 is 1. The zero-order valence-electron chi connectivity index (χ0n) is 11.5. The number of hydrogen-bond donors (Lipinski definition) is 1. The minimum atomic E-state index is 0.232. The maximum absolute atomic E-state index is 5.94. The average Bonchev–Trinajstić information content (AvgIpc) is 2.47. The third kappa shape index (κ3) is 3.75. The lowest BCUT2D eigenvalue weighted by molar-refractivity contribution is 0.414. The van der Waals surface area contributed by atoms with Crippen LogP contribution in [0, 0.1) is 0 Å². The lowest BCUT2D eigenvalue weighted by Crippen LogP contribution is -2.19. The summed E-state index contributed by atoms with van der Waals surface area (Å²) >= 11 is 9.54. The fraction of sp³-hybridized carbons (Fsp3) is 0.250. The van der Waals surface area contributed by atoms with Gasteiger partial charge in [0.1, 0.15) is 5.75 Å². The second kappa shape index (κ2) is 7.11. The van der Waals surface area contributed by atoms with E-state index in [0.29, 0.717) is 0 Å². The molecular weight excluding hydrogens is 338 g/mol. The predicted molar refractivity (Wildman–Crippen MR) is 87.7 cm³/mol. The van der Waals surface area contributed by atoms with Crippen LogP contribution in [-0.4, -0.2) is 14.2 Å². The maximum atomic E-state index is 5.94. The fourth-order valence-electron chi connectivity index (χ4n) is 2.14. The van der Waals surface area contributed by atoms with Crippen molar-refractivity contribution >= 4 is 27.5 Å². The quantitative estimate of drug-likeness (QED) is 0.846. The van der Waals surface area contributed by atoms with E-state index in [2.05, 4.69) is 39.4 Å². The van der Waals surface area contributed by atoms with Crippen LogP contribution in [0.1, 0.15) is 17.2 Å². The van der Waals surface area contributed by atoms with Gasteiger partial charge < -0.3 is 10.1 Å². The zero-order valence-corrected chi connectivity index (χ0v) is 13.8. The molecule has 2 aromatic rings. The van der Waals surface area contributed by atoms with Gasteiger partial charge in [-0.3, -0.25) is 0 Å². The van der Waals surface area contributed by atoms with Crippen molar-refractivity contribution in [2.45, 2.75) is 12.5 Å². The molecule has 2 rings (SSSR count). The monoisotopic (exact) mass is 353 g/mol. The van der Waals surface area contributed by atoms with Crippen LogP contribution in [0.3, 0.4) is 0 Å². The molecule has 0 radical (unpaired) electrons. The minimum absolute atomic E-state index is 0.232. The number of ether oxygens (including phenoxy) is 1. The Labute approximate surface area is 133 Å². The van der Waals surface area contributed by atoms with Crippen molar-refractivity contribution in [2.24, 2.45) is 0 Å². The Hall–Kier alpha value is -1.03. The van der Waals surface area contributed by atoms with E-state index in [-0.39, 0.29) is 6.04 Å². The summed E-state index contributed by atoms with van der Waals surface area (Å²) in [4.78, 5) is 0. The number of benzene rings is 2. The van der Waals surface area contributed by atoms with Crippen LogP contribution in [-0.2, 0) is 6.42 Å². The molecule has 2 aromatic carbocycles. The molecule has 0 bridgehead atoms. The predicted octanol–water partition coefficient (Wildman–Crippen LogP) is 4.61. The second-order valence-corrected chi connectivity index (χ2v) is 5.85. The van der Waals surface area contributed by atoms with Gasteiger partial charge in [0.25, 0.3) is 0 Å². The molecule has 0 aliphatic rings. The first kappa shape index (κ1) is 15.4. The summed E-state index contributed by atoms with van der Waals surface area (Å²) in [6.45, 7) is 0. The van der Waals surface area contributed by atoms with Crippen molar-refractivity contribution in [3.05, 3.63) is 63.1 Å². The van der Waals surface area contributed by atoms with Gasteiger partial charge in [-0.1, -0.05) is 39.7 Å². The van der Waals surface area contributed by atoms with Crippen molar-refractivity contribution < 1.29 is 4.74 Å². The smallest absolute Gasteiger partial charge is 0.119 e. The molecule has 1 N–H and O–H groups in total. The normalized spacial score (nSPS) is 12.2. The topological polar surface area (TPSA) is 21.3 Å². The molecule has 0 amide bonds. The van der Waals surface area contributed by atoms with Gasteiger partial charge in [-0.05, 0) is 54.9 Å². The van der Waals surface area contributed by atoms with Crippen LogP contribution < -0.4 is 10.1 Å². The number of hydrogen-bond acceptors (Lipinski definition) is 2. The van der Waals surface area contributed by atoms with E-state index in [1.165, 1.54) is 11.1 Å². The first-order chi connectivity index (χ1) is 9.63. The van der Waals surface area contributed by atoms with Gasteiger partial charge in [0.2, 0.25) is 0 Å². The van der Waals surface area contributed by atoms with Crippen molar-refractivity contribution in [3.63, 3.8) is 0 Å². The summed E-state index contributed by atoms with van der Waals surface area (Å²) in [6.07, 6.45) is 0.871. The Balaban J connectivity index is 2.23. The van der Waals surface area contributed by atoms with E-state index in [1.54, 1.807) is 7.11 Å². The van der Waals surface area contributed by atoms with E-state index in [0.717, 1.165) is 21.7 Å². The highest BCUT2D eigenvalue weighted by Crippen LogP contribution is 2.27. The van der Waals surface area contributed by atoms with Gasteiger partial charge in [-0.15, -0.1) is 0 Å². The molecule has 1 unspecified atom stereocenters. The van der Waals surface area contributed by atoms with E-state index < -0.39 is 0 Å². The van der Waals surface area contributed by atoms with Gasteiger partial charge in [0.05, 0.1) is 7.11 Å². The van der Waals surface area contributed by atoms with E-state index in [4.69, 9.17) is 16.3 Å². The molecule has 0 aliphatic carbocycles. The minimum Gasteiger partial charge on any atom is -0.497 e. The molecule has 0 aromatic heterocycles. The Morgan fingerprint density at radius 3 is 2.50 bits per heavy atom. The molecule has 0 aliphatic heterocycles. The molecule has 0 heterocycles. The average molecular weight is 355 g/mol. The zero-order chi connectivity index (χ0) is 14.5. The largest absolute Gasteiger partial charge is 0.497 e. The SMILES string of the molecule is CNC(Cc1cc(OC)ccc1Br)c1ccc(Cl)cc1. The highest BCUT2D eigenvalue weighted by molar-refractivity contribution is 9.10. The summed E-state index contributed by atoms with van der Waals surface area (Å²) in [5.74, 6) is 0.870. The van der Waals surface area contributed by atoms with Crippen LogP contribution in [0.2, 0.25) is 5.02 Å². The first-order valence-corrected chi connectivity index (χ1v) is 7.56. The standard InChI is InChI=1S/C16H17BrClNO/c1-19-16(11-3-5-13(18)6-4-11)10-12-9-14(20-2)7-8-15(12)17/h3-9,16,19H,10H2,1-2H3. The summed E-state index contributed by atoms with van der Waals surface area (Å²) in [7, 11) is 3.65. The second-order valence-electron chi connectivity index (χ2n) is 4.55. The first-order valence-electron chi connectivity index (χ1n) is 6.39. The third-order valence-electron chi connectivity index (χ3n) is 3.30. The molecule has 2 nitrogen and oxygen atoms in total. The molecule has 106 valence electrons. The summed E-state index contributed by atoms with van der Waals surface area (Å²) < 4.78 is 6.38. The lowest BCUT2D eigenvalue weighted by atomic mass is 9.99. The highest BCUT2D eigenvalue weighted by Gasteiger charge is 2.12.